The third-order valence-electron chi connectivity index (χ3n) is 4.21. The van der Waals surface area contributed by atoms with Crippen molar-refractivity contribution in [2.24, 2.45) is 10.9 Å². The fourth-order valence-corrected chi connectivity index (χ4v) is 4.53. The molecule has 0 saturated carbocycles. The van der Waals surface area contributed by atoms with Gasteiger partial charge in [-0.3, -0.25) is 14.4 Å². The van der Waals surface area contributed by atoms with Crippen LogP contribution in [0.4, 0.5) is 5.69 Å². The molecule has 2 aliphatic heterocycles. The lowest BCUT2D eigenvalue weighted by Crippen LogP contribution is -2.29. The van der Waals surface area contributed by atoms with Crippen LogP contribution in [0.1, 0.15) is 6.92 Å². The van der Waals surface area contributed by atoms with Crippen LogP contribution in [0.15, 0.2) is 45.0 Å². The molecule has 0 radical (unpaired) electrons. The average Bonchev–Trinajstić information content (AvgIpc) is 2.93. The van der Waals surface area contributed by atoms with Gasteiger partial charge in [-0.05, 0) is 30.7 Å². The van der Waals surface area contributed by atoms with Crippen LogP contribution in [-0.4, -0.2) is 46.9 Å². The van der Waals surface area contributed by atoms with E-state index in [0.29, 0.717) is 15.5 Å². The summed E-state index contributed by atoms with van der Waals surface area (Å²) in [5.41, 5.74) is 0.274. The smallest absolute Gasteiger partial charge is 0.286 e. The van der Waals surface area contributed by atoms with Gasteiger partial charge in [-0.1, -0.05) is 35.0 Å². The van der Waals surface area contributed by atoms with Gasteiger partial charge in [0.15, 0.2) is 0 Å². The summed E-state index contributed by atoms with van der Waals surface area (Å²) in [6.45, 7) is 1.66. The number of hydrogen-bond donors (Lipinski definition) is 2. The van der Waals surface area contributed by atoms with Crippen molar-refractivity contribution < 1.29 is 19.5 Å². The van der Waals surface area contributed by atoms with Gasteiger partial charge in [-0.2, -0.15) is 0 Å². The van der Waals surface area contributed by atoms with Crippen molar-refractivity contribution in [3.8, 4) is 0 Å². The summed E-state index contributed by atoms with van der Waals surface area (Å²) in [5.74, 6) is -3.24. The van der Waals surface area contributed by atoms with Crippen LogP contribution in [0.3, 0.4) is 0 Å². The molecule has 0 spiro atoms. The van der Waals surface area contributed by atoms with Crippen LogP contribution < -0.4 is 5.32 Å². The molecular weight excluding hydrogens is 425 g/mol. The molecule has 0 fully saturated rings. The fourth-order valence-electron chi connectivity index (χ4n) is 2.78. The molecular formula is C18H15Cl2N3O4S. The second kappa shape index (κ2) is 7.62. The molecule has 0 saturated heterocycles. The van der Waals surface area contributed by atoms with E-state index in [-0.39, 0.29) is 21.7 Å². The van der Waals surface area contributed by atoms with Gasteiger partial charge in [-0.25, -0.2) is 4.99 Å². The van der Waals surface area contributed by atoms with E-state index in [1.807, 2.05) is 0 Å². The number of thioether (sulfide) groups is 1. The van der Waals surface area contributed by atoms with Crippen molar-refractivity contribution >= 4 is 63.4 Å². The zero-order valence-corrected chi connectivity index (χ0v) is 17.4. The predicted molar refractivity (Wildman–Crippen MR) is 110 cm³/mol. The number of rotatable bonds is 3. The maximum absolute atomic E-state index is 12.6. The van der Waals surface area contributed by atoms with Gasteiger partial charge in [0.2, 0.25) is 0 Å². The minimum Gasteiger partial charge on any atom is -0.510 e. The number of aliphatic imine (C=N–C) groups is 1. The maximum atomic E-state index is 12.6. The van der Waals surface area contributed by atoms with Crippen molar-refractivity contribution in [1.82, 2.24) is 4.90 Å². The van der Waals surface area contributed by atoms with Crippen LogP contribution in [-0.2, 0) is 14.4 Å². The van der Waals surface area contributed by atoms with E-state index in [1.54, 1.807) is 21.0 Å². The molecule has 2 aliphatic rings. The number of dihydropyridines is 1. The van der Waals surface area contributed by atoms with E-state index in [9.17, 15) is 19.5 Å². The van der Waals surface area contributed by atoms with Gasteiger partial charge in [0.25, 0.3) is 17.7 Å². The zero-order valence-electron chi connectivity index (χ0n) is 15.0. The molecule has 0 aliphatic carbocycles. The van der Waals surface area contributed by atoms with E-state index in [4.69, 9.17) is 23.2 Å². The van der Waals surface area contributed by atoms with Crippen LogP contribution in [0.5, 0.6) is 0 Å². The first-order chi connectivity index (χ1) is 13.1. The number of aliphatic hydroxyl groups is 1. The lowest BCUT2D eigenvalue weighted by atomic mass is 9.93. The zero-order chi connectivity index (χ0) is 20.7. The number of amides is 3. The Morgan fingerprint density at radius 3 is 2.57 bits per heavy atom. The summed E-state index contributed by atoms with van der Waals surface area (Å²) in [5, 5.41) is 14.0. The normalized spacial score (nSPS) is 18.8. The average molecular weight is 440 g/mol. The van der Waals surface area contributed by atoms with Crippen LogP contribution in [0.25, 0.3) is 0 Å². The number of carbonyl (C=O) groups excluding carboxylic acids is 3. The summed E-state index contributed by atoms with van der Waals surface area (Å²) in [6.07, 6.45) is 0. The molecule has 1 aromatic carbocycles. The number of hydrogen-bond acceptors (Lipinski definition) is 5. The Hall–Kier alpha value is -2.29. The second-order valence-electron chi connectivity index (χ2n) is 6.34. The summed E-state index contributed by atoms with van der Waals surface area (Å²) < 4.78 is 0. The first-order valence-electron chi connectivity index (χ1n) is 8.04. The van der Waals surface area contributed by atoms with Gasteiger partial charge in [-0.15, -0.1) is 0 Å². The molecule has 2 N–H and O–H groups in total. The molecule has 1 unspecified atom stereocenters. The summed E-state index contributed by atoms with van der Waals surface area (Å²) in [4.78, 5) is 43.0. The number of halogens is 2. The van der Waals surface area contributed by atoms with Gasteiger partial charge in [0, 0.05) is 19.1 Å². The maximum Gasteiger partial charge on any atom is 0.286 e. The first kappa shape index (κ1) is 20.4. The molecule has 7 nitrogen and oxygen atoms in total. The van der Waals surface area contributed by atoms with Gasteiger partial charge >= 0.3 is 0 Å². The number of nitrogens with one attached hydrogen (secondary N) is 1. The Bertz CT molecular complexity index is 1010. The number of allylic oxidation sites excluding steroid dienone is 1. The van der Waals surface area contributed by atoms with Crippen LogP contribution in [0.2, 0.25) is 10.0 Å². The van der Waals surface area contributed by atoms with Crippen LogP contribution in [0, 0.1) is 5.92 Å². The second-order valence-corrected chi connectivity index (χ2v) is 8.21. The molecule has 10 heteroatoms. The SMILES string of the molecule is CC1=C(C(=O)N(C)C)SC2=NC(=O)C(C(=O)Nc3ccc(Cl)cc3Cl)=C(O)C21. The van der Waals surface area contributed by atoms with Crippen molar-refractivity contribution in [2.75, 3.05) is 19.4 Å². The molecule has 3 amide bonds. The Labute approximate surface area is 175 Å². The van der Waals surface area contributed by atoms with Gasteiger partial charge in [0.05, 0.1) is 26.6 Å². The molecule has 1 aromatic rings. The van der Waals surface area contributed by atoms with E-state index < -0.39 is 29.1 Å². The van der Waals surface area contributed by atoms with E-state index in [1.165, 1.54) is 23.1 Å². The molecule has 146 valence electrons. The molecule has 2 heterocycles. The number of anilines is 1. The Balaban J connectivity index is 1.96. The van der Waals surface area contributed by atoms with Crippen LogP contribution >= 0.6 is 35.0 Å². The Kier molecular flexibility index (Phi) is 5.56. The van der Waals surface area contributed by atoms with Gasteiger partial charge in [0.1, 0.15) is 11.3 Å². The number of benzene rings is 1. The lowest BCUT2D eigenvalue weighted by molar-refractivity contribution is -0.124. The van der Waals surface area contributed by atoms with Crippen molar-refractivity contribution in [1.29, 1.82) is 0 Å². The Morgan fingerprint density at radius 2 is 1.96 bits per heavy atom. The lowest BCUT2D eigenvalue weighted by Gasteiger charge is -2.19. The van der Waals surface area contributed by atoms with E-state index >= 15 is 0 Å². The van der Waals surface area contributed by atoms with Crippen molar-refractivity contribution in [2.45, 2.75) is 6.92 Å². The molecule has 0 aromatic heterocycles. The molecule has 28 heavy (non-hydrogen) atoms. The highest BCUT2D eigenvalue weighted by Gasteiger charge is 2.43. The third-order valence-corrected chi connectivity index (χ3v) is 5.99. The van der Waals surface area contributed by atoms with Crippen molar-refractivity contribution in [3.05, 3.63) is 50.1 Å². The topological polar surface area (TPSA) is 99.1 Å². The van der Waals surface area contributed by atoms with Gasteiger partial charge < -0.3 is 15.3 Å². The minimum absolute atomic E-state index is 0.180. The number of nitrogens with zero attached hydrogens (tertiary/aromatic N) is 2. The third kappa shape index (κ3) is 3.55. The molecule has 0 bridgehead atoms. The highest BCUT2D eigenvalue weighted by atomic mass is 35.5. The van der Waals surface area contributed by atoms with Crippen molar-refractivity contribution in [3.63, 3.8) is 0 Å². The fraction of sp³-hybridized carbons (Fsp3) is 0.222. The Morgan fingerprint density at radius 1 is 1.29 bits per heavy atom. The quantitative estimate of drug-likeness (QED) is 0.702. The summed E-state index contributed by atoms with van der Waals surface area (Å²) in [7, 11) is 3.20. The summed E-state index contributed by atoms with van der Waals surface area (Å²) in [6, 6.07) is 4.44. The van der Waals surface area contributed by atoms with E-state index in [0.717, 1.165) is 11.8 Å². The molecule has 3 rings (SSSR count). The predicted octanol–water partition coefficient (Wildman–Crippen LogP) is 3.41. The number of likely N-dealkylation sites (N-methyl/N-ethyl adjacent to an activating group) is 1. The monoisotopic (exact) mass is 439 g/mol. The van der Waals surface area contributed by atoms with E-state index in [2.05, 4.69) is 10.3 Å². The summed E-state index contributed by atoms with van der Waals surface area (Å²) >= 11 is 12.9. The molecule has 1 atom stereocenters. The number of fused-ring (bicyclic) bond motifs is 1. The largest absolute Gasteiger partial charge is 0.510 e. The first-order valence-corrected chi connectivity index (χ1v) is 9.61. The minimum atomic E-state index is -0.884. The number of aliphatic hydroxyl groups excluding tert-OH is 1. The number of carbonyl (C=O) groups is 3. The highest BCUT2D eigenvalue weighted by molar-refractivity contribution is 8.18. The highest BCUT2D eigenvalue weighted by Crippen LogP contribution is 2.44. The standard InChI is InChI=1S/C18H15Cl2N3O4S/c1-7-11-13(24)12(15(25)21-10-5-4-8(19)6-9(10)20)16(26)22-17(11)28-14(7)18(27)23(2)3/h4-6,11,24H,1-3H3,(H,21,25).